The zero-order chi connectivity index (χ0) is 18.5. The van der Waals surface area contributed by atoms with Gasteiger partial charge in [-0.05, 0) is 38.1 Å². The lowest BCUT2D eigenvalue weighted by Crippen LogP contribution is -2.44. The van der Waals surface area contributed by atoms with Crippen molar-refractivity contribution in [1.29, 1.82) is 0 Å². The van der Waals surface area contributed by atoms with Crippen LogP contribution >= 0.6 is 0 Å². The van der Waals surface area contributed by atoms with Gasteiger partial charge >= 0.3 is 0 Å². The van der Waals surface area contributed by atoms with Crippen LogP contribution in [0.2, 0.25) is 0 Å². The summed E-state index contributed by atoms with van der Waals surface area (Å²) < 4.78 is 2.04. The van der Waals surface area contributed by atoms with E-state index in [1.807, 2.05) is 67.9 Å². The Morgan fingerprint density at radius 2 is 1.96 bits per heavy atom. The Morgan fingerprint density at radius 1 is 1.19 bits per heavy atom. The first-order valence-electron chi connectivity index (χ1n) is 9.04. The van der Waals surface area contributed by atoms with E-state index in [9.17, 15) is 4.79 Å². The van der Waals surface area contributed by atoms with Gasteiger partial charge in [-0.2, -0.15) is 0 Å². The number of nitrogens with one attached hydrogen (secondary N) is 1. The highest BCUT2D eigenvalue weighted by atomic mass is 16.2. The van der Waals surface area contributed by atoms with Gasteiger partial charge in [0.15, 0.2) is 0 Å². The van der Waals surface area contributed by atoms with Crippen molar-refractivity contribution in [2.75, 3.05) is 7.05 Å². The van der Waals surface area contributed by atoms with Gasteiger partial charge < -0.3 is 9.72 Å². The maximum Gasteiger partial charge on any atom is 0.237 e. The minimum absolute atomic E-state index is 0.0414. The largest absolute Gasteiger partial charge is 0.349 e. The number of imidazole rings is 1. The molecule has 0 bridgehead atoms. The molecule has 0 saturated heterocycles. The summed E-state index contributed by atoms with van der Waals surface area (Å²) in [5, 5.41) is 3.04. The van der Waals surface area contributed by atoms with Crippen LogP contribution in [0.15, 0.2) is 54.7 Å². The molecule has 1 aromatic carbocycles. The van der Waals surface area contributed by atoms with Gasteiger partial charge in [-0.1, -0.05) is 43.3 Å². The number of rotatable bonds is 7. The van der Waals surface area contributed by atoms with Crippen molar-refractivity contribution in [2.45, 2.75) is 39.4 Å². The lowest BCUT2D eigenvalue weighted by Gasteiger charge is -2.26. The molecule has 0 fully saturated rings. The number of hydrogen-bond acceptors (Lipinski definition) is 3. The Kier molecular flexibility index (Phi) is 5.68. The lowest BCUT2D eigenvalue weighted by atomic mass is 10.1. The molecule has 0 aliphatic heterocycles. The van der Waals surface area contributed by atoms with E-state index < -0.39 is 0 Å². The Labute approximate surface area is 154 Å². The van der Waals surface area contributed by atoms with E-state index in [4.69, 9.17) is 0 Å². The molecule has 26 heavy (non-hydrogen) atoms. The van der Waals surface area contributed by atoms with Gasteiger partial charge in [-0.3, -0.25) is 9.69 Å². The summed E-state index contributed by atoms with van der Waals surface area (Å²) in [5.74, 6) is 0.0414. The monoisotopic (exact) mass is 350 g/mol. The smallest absolute Gasteiger partial charge is 0.237 e. The van der Waals surface area contributed by atoms with Crippen LogP contribution in [0.3, 0.4) is 0 Å². The van der Waals surface area contributed by atoms with Gasteiger partial charge in [0, 0.05) is 18.4 Å². The number of aryl methyl sites for hydroxylation is 1. The predicted octanol–water partition coefficient (Wildman–Crippen LogP) is 3.17. The second-order valence-corrected chi connectivity index (χ2v) is 6.67. The average Bonchev–Trinajstić information content (AvgIpc) is 3.06. The topological polar surface area (TPSA) is 49.6 Å². The van der Waals surface area contributed by atoms with Crippen LogP contribution in [0.4, 0.5) is 0 Å². The molecule has 5 nitrogen and oxygen atoms in total. The van der Waals surface area contributed by atoms with Crippen LogP contribution < -0.4 is 5.32 Å². The number of carbonyl (C=O) groups is 1. The van der Waals surface area contributed by atoms with Crippen molar-refractivity contribution in [3.8, 4) is 0 Å². The van der Waals surface area contributed by atoms with Crippen molar-refractivity contribution >= 4 is 11.6 Å². The summed E-state index contributed by atoms with van der Waals surface area (Å²) in [6.45, 7) is 5.28. The SMILES string of the molecule is CCC(C(=O)NCc1cn2c(C)cccc2n1)N(C)Cc1ccccc1. The first-order chi connectivity index (χ1) is 12.6. The number of benzene rings is 1. The van der Waals surface area contributed by atoms with Gasteiger partial charge in [0.25, 0.3) is 0 Å². The Hall–Kier alpha value is -2.66. The standard InChI is InChI=1S/C21H26N4O/c1-4-19(24(3)14-17-10-6-5-7-11-17)21(26)22-13-18-15-25-16(2)9-8-12-20(25)23-18/h5-12,15,19H,4,13-14H2,1-3H3,(H,22,26). The van der Waals surface area contributed by atoms with Gasteiger partial charge in [0.1, 0.15) is 5.65 Å². The number of fused-ring (bicyclic) bond motifs is 1. The van der Waals surface area contributed by atoms with E-state index in [1.165, 1.54) is 5.56 Å². The normalized spacial score (nSPS) is 12.5. The summed E-state index contributed by atoms with van der Waals surface area (Å²) in [6, 6.07) is 16.1. The van der Waals surface area contributed by atoms with E-state index >= 15 is 0 Å². The number of aromatic nitrogens is 2. The number of nitrogens with zero attached hydrogens (tertiary/aromatic N) is 3. The first-order valence-corrected chi connectivity index (χ1v) is 9.04. The zero-order valence-corrected chi connectivity index (χ0v) is 15.6. The van der Waals surface area contributed by atoms with Crippen LogP contribution in [0.1, 0.15) is 30.3 Å². The van der Waals surface area contributed by atoms with Gasteiger partial charge in [0.05, 0.1) is 18.3 Å². The molecule has 2 heterocycles. The molecule has 136 valence electrons. The third-order valence-corrected chi connectivity index (χ3v) is 4.69. The quantitative estimate of drug-likeness (QED) is 0.712. The van der Waals surface area contributed by atoms with E-state index in [2.05, 4.69) is 27.3 Å². The highest BCUT2D eigenvalue weighted by Crippen LogP contribution is 2.11. The average molecular weight is 350 g/mol. The number of likely N-dealkylation sites (N-methyl/N-ethyl adjacent to an activating group) is 1. The molecular weight excluding hydrogens is 324 g/mol. The summed E-state index contributed by atoms with van der Waals surface area (Å²) in [7, 11) is 2.00. The summed E-state index contributed by atoms with van der Waals surface area (Å²) >= 11 is 0. The second kappa shape index (κ2) is 8.15. The minimum atomic E-state index is -0.158. The van der Waals surface area contributed by atoms with E-state index in [-0.39, 0.29) is 11.9 Å². The molecule has 1 amide bonds. The molecular formula is C21H26N4O. The number of carbonyl (C=O) groups excluding carboxylic acids is 1. The maximum atomic E-state index is 12.7. The van der Waals surface area contributed by atoms with Crippen molar-refractivity contribution in [3.05, 3.63) is 71.7 Å². The molecule has 3 rings (SSSR count). The maximum absolute atomic E-state index is 12.7. The fourth-order valence-electron chi connectivity index (χ4n) is 3.26. The Morgan fingerprint density at radius 3 is 2.65 bits per heavy atom. The van der Waals surface area contributed by atoms with Crippen LogP contribution in [0.25, 0.3) is 5.65 Å². The molecule has 1 N–H and O–H groups in total. The minimum Gasteiger partial charge on any atom is -0.349 e. The molecule has 2 aromatic heterocycles. The summed E-state index contributed by atoms with van der Waals surface area (Å²) in [5.41, 5.74) is 4.11. The predicted molar refractivity (Wildman–Crippen MR) is 104 cm³/mol. The number of hydrogen-bond donors (Lipinski definition) is 1. The molecule has 0 aliphatic rings. The van der Waals surface area contributed by atoms with Crippen molar-refractivity contribution < 1.29 is 4.79 Å². The van der Waals surface area contributed by atoms with Crippen LogP contribution in [0, 0.1) is 6.92 Å². The second-order valence-electron chi connectivity index (χ2n) is 6.67. The first kappa shape index (κ1) is 18.1. The molecule has 5 heteroatoms. The lowest BCUT2D eigenvalue weighted by molar-refractivity contribution is -0.126. The highest BCUT2D eigenvalue weighted by molar-refractivity contribution is 5.81. The summed E-state index contributed by atoms with van der Waals surface area (Å²) in [4.78, 5) is 19.3. The van der Waals surface area contributed by atoms with Crippen molar-refractivity contribution in [3.63, 3.8) is 0 Å². The third kappa shape index (κ3) is 4.11. The fourth-order valence-corrected chi connectivity index (χ4v) is 3.26. The Balaban J connectivity index is 1.62. The third-order valence-electron chi connectivity index (χ3n) is 4.69. The van der Waals surface area contributed by atoms with Crippen molar-refractivity contribution in [2.24, 2.45) is 0 Å². The van der Waals surface area contributed by atoms with Crippen molar-refractivity contribution in [1.82, 2.24) is 19.6 Å². The van der Waals surface area contributed by atoms with E-state index in [0.717, 1.165) is 30.0 Å². The summed E-state index contributed by atoms with van der Waals surface area (Å²) in [6.07, 6.45) is 2.75. The molecule has 0 radical (unpaired) electrons. The van der Waals surface area contributed by atoms with Crippen LogP contribution in [-0.4, -0.2) is 33.3 Å². The molecule has 0 spiro atoms. The molecule has 0 aliphatic carbocycles. The van der Waals surface area contributed by atoms with Gasteiger partial charge in [0.2, 0.25) is 5.91 Å². The van der Waals surface area contributed by atoms with E-state index in [1.54, 1.807) is 0 Å². The van der Waals surface area contributed by atoms with Gasteiger partial charge in [-0.15, -0.1) is 0 Å². The molecule has 3 aromatic rings. The zero-order valence-electron chi connectivity index (χ0n) is 15.6. The number of pyridine rings is 1. The number of amides is 1. The Bertz CT molecular complexity index is 872. The van der Waals surface area contributed by atoms with Crippen LogP contribution in [0.5, 0.6) is 0 Å². The molecule has 0 saturated carbocycles. The highest BCUT2D eigenvalue weighted by Gasteiger charge is 2.21. The molecule has 1 unspecified atom stereocenters. The van der Waals surface area contributed by atoms with Gasteiger partial charge in [-0.25, -0.2) is 4.98 Å². The molecule has 1 atom stereocenters. The fraction of sp³-hybridized carbons (Fsp3) is 0.333. The van der Waals surface area contributed by atoms with Crippen LogP contribution in [-0.2, 0) is 17.9 Å². The van der Waals surface area contributed by atoms with E-state index in [0.29, 0.717) is 6.54 Å².